The molecule has 0 bridgehead atoms. The van der Waals surface area contributed by atoms with E-state index >= 15 is 0 Å². The number of hydrogen-bond donors (Lipinski definition) is 0. The largest absolute Gasteiger partial charge is 0.233 e. The molecule has 0 N–H and O–H groups in total. The van der Waals surface area contributed by atoms with Crippen LogP contribution in [0.1, 0.15) is 43.7 Å². The fourth-order valence-electron chi connectivity index (χ4n) is 3.55. The molecule has 0 spiro atoms. The first-order valence-corrected chi connectivity index (χ1v) is 8.90. The summed E-state index contributed by atoms with van der Waals surface area (Å²) < 4.78 is 0. The lowest BCUT2D eigenvalue weighted by molar-refractivity contribution is 0.436. The molecule has 1 aliphatic rings. The zero-order valence-electron chi connectivity index (χ0n) is 13.9. The number of aromatic nitrogens is 2. The lowest BCUT2D eigenvalue weighted by Gasteiger charge is -2.22. The van der Waals surface area contributed by atoms with Crippen LogP contribution in [0.25, 0.3) is 22.6 Å². The van der Waals surface area contributed by atoms with E-state index in [1.165, 1.54) is 37.8 Å². The quantitative estimate of drug-likeness (QED) is 0.605. The minimum atomic E-state index is 0.576. The molecule has 2 aromatic carbocycles. The monoisotopic (exact) mass is 314 g/mol. The van der Waals surface area contributed by atoms with Gasteiger partial charge in [-0.3, -0.25) is 0 Å². The van der Waals surface area contributed by atoms with Crippen LogP contribution < -0.4 is 0 Å². The summed E-state index contributed by atoms with van der Waals surface area (Å²) in [5.41, 5.74) is 4.49. The van der Waals surface area contributed by atoms with E-state index in [0.29, 0.717) is 5.92 Å². The zero-order valence-corrected chi connectivity index (χ0v) is 13.9. The normalized spacial score (nSPS) is 15.3. The highest BCUT2D eigenvalue weighted by atomic mass is 14.9. The van der Waals surface area contributed by atoms with Crippen LogP contribution >= 0.6 is 0 Å². The molecule has 3 aromatic rings. The molecule has 2 heteroatoms. The molecular weight excluding hydrogens is 292 g/mol. The lowest BCUT2D eigenvalue weighted by Crippen LogP contribution is -2.08. The van der Waals surface area contributed by atoms with Crippen molar-refractivity contribution in [1.29, 1.82) is 0 Å². The summed E-state index contributed by atoms with van der Waals surface area (Å²) in [7, 11) is 0. The first kappa shape index (κ1) is 15.1. The predicted octanol–water partition coefficient (Wildman–Crippen LogP) is 5.86. The average molecular weight is 314 g/mol. The van der Waals surface area contributed by atoms with Crippen LogP contribution in [-0.2, 0) is 0 Å². The molecule has 1 aromatic heterocycles. The van der Waals surface area contributed by atoms with E-state index in [-0.39, 0.29) is 0 Å². The van der Waals surface area contributed by atoms with Crippen molar-refractivity contribution in [3.8, 4) is 22.6 Å². The number of rotatable bonds is 3. The molecule has 0 saturated heterocycles. The van der Waals surface area contributed by atoms with E-state index < -0.39 is 0 Å². The summed E-state index contributed by atoms with van der Waals surface area (Å²) in [5.74, 6) is 1.42. The van der Waals surface area contributed by atoms with Crippen LogP contribution in [-0.4, -0.2) is 9.97 Å². The van der Waals surface area contributed by atoms with Crippen LogP contribution in [0.5, 0.6) is 0 Å². The third-order valence-electron chi connectivity index (χ3n) is 4.87. The molecule has 1 fully saturated rings. The fraction of sp³-hybridized carbons (Fsp3) is 0.273. The highest BCUT2D eigenvalue weighted by molar-refractivity contribution is 5.64. The Morgan fingerprint density at radius 3 is 1.96 bits per heavy atom. The highest BCUT2D eigenvalue weighted by Crippen LogP contribution is 2.34. The Morgan fingerprint density at radius 1 is 0.667 bits per heavy atom. The van der Waals surface area contributed by atoms with Crippen LogP contribution in [0.2, 0.25) is 0 Å². The van der Waals surface area contributed by atoms with Crippen molar-refractivity contribution in [2.75, 3.05) is 0 Å². The van der Waals surface area contributed by atoms with Crippen molar-refractivity contribution >= 4 is 0 Å². The summed E-state index contributed by atoms with van der Waals surface area (Å²) in [4.78, 5) is 9.80. The summed E-state index contributed by atoms with van der Waals surface area (Å²) in [6, 6.07) is 23.0. The van der Waals surface area contributed by atoms with Crippen LogP contribution in [0.15, 0.2) is 66.7 Å². The average Bonchev–Trinajstić information content (AvgIpc) is 2.70. The van der Waals surface area contributed by atoms with E-state index in [1.807, 2.05) is 24.3 Å². The third-order valence-corrected chi connectivity index (χ3v) is 4.87. The molecule has 1 heterocycles. The van der Waals surface area contributed by atoms with Gasteiger partial charge < -0.3 is 0 Å². The Balaban J connectivity index is 1.81. The van der Waals surface area contributed by atoms with Crippen molar-refractivity contribution in [3.63, 3.8) is 0 Å². The SMILES string of the molecule is c1ccc(-c2cc(C3CCCCC3)nc(-c3ccccc3)n2)cc1. The van der Waals surface area contributed by atoms with Gasteiger partial charge in [-0.05, 0) is 18.9 Å². The maximum absolute atomic E-state index is 4.94. The molecule has 4 rings (SSSR count). The molecule has 0 atom stereocenters. The highest BCUT2D eigenvalue weighted by Gasteiger charge is 2.19. The molecule has 1 aliphatic carbocycles. The smallest absolute Gasteiger partial charge is 0.160 e. The van der Waals surface area contributed by atoms with E-state index in [0.717, 1.165) is 22.6 Å². The summed E-state index contributed by atoms with van der Waals surface area (Å²) >= 11 is 0. The summed E-state index contributed by atoms with van der Waals surface area (Å²) in [5, 5.41) is 0. The van der Waals surface area contributed by atoms with Gasteiger partial charge in [0.1, 0.15) is 0 Å². The van der Waals surface area contributed by atoms with Crippen molar-refractivity contribution in [3.05, 3.63) is 72.4 Å². The van der Waals surface area contributed by atoms with Gasteiger partial charge >= 0.3 is 0 Å². The molecule has 1 saturated carbocycles. The first-order chi connectivity index (χ1) is 11.9. The van der Waals surface area contributed by atoms with Gasteiger partial charge in [0.15, 0.2) is 5.82 Å². The lowest BCUT2D eigenvalue weighted by atomic mass is 9.86. The molecule has 0 aliphatic heterocycles. The molecule has 0 radical (unpaired) electrons. The Morgan fingerprint density at radius 2 is 1.29 bits per heavy atom. The first-order valence-electron chi connectivity index (χ1n) is 8.90. The number of nitrogens with zero attached hydrogens (tertiary/aromatic N) is 2. The molecule has 0 amide bonds. The summed E-state index contributed by atoms with van der Waals surface area (Å²) in [6.45, 7) is 0. The number of benzene rings is 2. The van der Waals surface area contributed by atoms with Gasteiger partial charge in [-0.15, -0.1) is 0 Å². The topological polar surface area (TPSA) is 25.8 Å². The van der Waals surface area contributed by atoms with Gasteiger partial charge in [-0.2, -0.15) is 0 Å². The second kappa shape index (κ2) is 6.96. The van der Waals surface area contributed by atoms with Crippen molar-refractivity contribution in [2.24, 2.45) is 0 Å². The Hall–Kier alpha value is -2.48. The van der Waals surface area contributed by atoms with E-state index in [9.17, 15) is 0 Å². The van der Waals surface area contributed by atoms with Gasteiger partial charge in [0.05, 0.1) is 5.69 Å². The van der Waals surface area contributed by atoms with Crippen LogP contribution in [0.4, 0.5) is 0 Å². The van der Waals surface area contributed by atoms with Crippen molar-refractivity contribution in [2.45, 2.75) is 38.0 Å². The van der Waals surface area contributed by atoms with Crippen LogP contribution in [0, 0.1) is 0 Å². The number of hydrogen-bond acceptors (Lipinski definition) is 2. The fourth-order valence-corrected chi connectivity index (χ4v) is 3.55. The molecule has 2 nitrogen and oxygen atoms in total. The second-order valence-corrected chi connectivity index (χ2v) is 6.57. The molecular formula is C22H22N2. The van der Waals surface area contributed by atoms with Crippen molar-refractivity contribution < 1.29 is 0 Å². The minimum absolute atomic E-state index is 0.576. The second-order valence-electron chi connectivity index (χ2n) is 6.57. The zero-order chi connectivity index (χ0) is 16.2. The van der Waals surface area contributed by atoms with Crippen LogP contribution in [0.3, 0.4) is 0 Å². The van der Waals surface area contributed by atoms with Gasteiger partial charge in [0.25, 0.3) is 0 Å². The Bertz CT molecular complexity index is 733. The van der Waals surface area contributed by atoms with E-state index in [4.69, 9.17) is 9.97 Å². The maximum Gasteiger partial charge on any atom is 0.160 e. The molecule has 120 valence electrons. The van der Waals surface area contributed by atoms with Crippen molar-refractivity contribution in [1.82, 2.24) is 9.97 Å². The maximum atomic E-state index is 4.94. The standard InChI is InChI=1S/C22H22N2/c1-4-10-17(11-5-1)20-16-21(18-12-6-2-7-13-18)24-22(23-20)19-14-8-3-9-15-19/h1,3-5,8-11,14-16,18H,2,6-7,12-13H2. The minimum Gasteiger partial charge on any atom is -0.233 e. The Kier molecular flexibility index (Phi) is 4.37. The Labute approximate surface area is 143 Å². The van der Waals surface area contributed by atoms with Gasteiger partial charge in [0, 0.05) is 22.7 Å². The summed E-state index contributed by atoms with van der Waals surface area (Å²) in [6.07, 6.45) is 6.49. The van der Waals surface area contributed by atoms with E-state index in [1.54, 1.807) is 0 Å². The van der Waals surface area contributed by atoms with Gasteiger partial charge in [0.2, 0.25) is 0 Å². The molecule has 24 heavy (non-hydrogen) atoms. The molecule has 0 unspecified atom stereocenters. The third kappa shape index (κ3) is 3.23. The van der Waals surface area contributed by atoms with Gasteiger partial charge in [-0.25, -0.2) is 9.97 Å². The predicted molar refractivity (Wildman–Crippen MR) is 98.7 cm³/mol. The van der Waals surface area contributed by atoms with Gasteiger partial charge in [-0.1, -0.05) is 79.9 Å². The van der Waals surface area contributed by atoms with E-state index in [2.05, 4.69) is 42.5 Å².